The Bertz CT molecular complexity index is 611. The molecule has 0 saturated heterocycles. The highest BCUT2D eigenvalue weighted by Gasteiger charge is 2.14. The van der Waals surface area contributed by atoms with Gasteiger partial charge < -0.3 is 10.5 Å². The SMILES string of the molecule is CCOC(=O)c1cc(Sc2ccccc2)cc(C)c1N. The van der Waals surface area contributed by atoms with E-state index in [2.05, 4.69) is 0 Å². The van der Waals surface area contributed by atoms with E-state index in [4.69, 9.17) is 10.5 Å². The van der Waals surface area contributed by atoms with Crippen LogP contribution >= 0.6 is 11.8 Å². The molecule has 0 aliphatic rings. The number of carbonyl (C=O) groups excluding carboxylic acids is 1. The first-order valence-corrected chi connectivity index (χ1v) is 7.23. The summed E-state index contributed by atoms with van der Waals surface area (Å²) in [6.07, 6.45) is 0. The molecule has 20 heavy (non-hydrogen) atoms. The minimum atomic E-state index is -0.372. The van der Waals surface area contributed by atoms with Crippen molar-refractivity contribution in [1.29, 1.82) is 0 Å². The molecule has 2 rings (SSSR count). The first kappa shape index (κ1) is 14.5. The normalized spacial score (nSPS) is 10.3. The van der Waals surface area contributed by atoms with E-state index >= 15 is 0 Å². The number of esters is 1. The summed E-state index contributed by atoms with van der Waals surface area (Å²) < 4.78 is 5.04. The molecule has 0 aliphatic carbocycles. The van der Waals surface area contributed by atoms with E-state index in [1.54, 1.807) is 24.8 Å². The Labute approximate surface area is 123 Å². The van der Waals surface area contributed by atoms with Gasteiger partial charge in [0.2, 0.25) is 0 Å². The Morgan fingerprint density at radius 1 is 1.20 bits per heavy atom. The Hall–Kier alpha value is -1.94. The lowest BCUT2D eigenvalue weighted by atomic mass is 10.1. The third kappa shape index (κ3) is 3.33. The highest BCUT2D eigenvalue weighted by Crippen LogP contribution is 2.31. The van der Waals surface area contributed by atoms with Crippen LogP contribution in [0.4, 0.5) is 5.69 Å². The van der Waals surface area contributed by atoms with Crippen molar-refractivity contribution >= 4 is 23.4 Å². The molecule has 0 saturated carbocycles. The van der Waals surface area contributed by atoms with Gasteiger partial charge in [0.05, 0.1) is 12.2 Å². The van der Waals surface area contributed by atoms with Gasteiger partial charge in [-0.05, 0) is 43.7 Å². The topological polar surface area (TPSA) is 52.3 Å². The van der Waals surface area contributed by atoms with Crippen molar-refractivity contribution in [3.63, 3.8) is 0 Å². The molecule has 0 radical (unpaired) electrons. The fourth-order valence-electron chi connectivity index (χ4n) is 1.83. The fraction of sp³-hybridized carbons (Fsp3) is 0.188. The number of benzene rings is 2. The Balaban J connectivity index is 2.33. The zero-order chi connectivity index (χ0) is 14.5. The van der Waals surface area contributed by atoms with Crippen molar-refractivity contribution in [3.05, 3.63) is 53.6 Å². The van der Waals surface area contributed by atoms with Crippen molar-refractivity contribution in [3.8, 4) is 0 Å². The number of anilines is 1. The summed E-state index contributed by atoms with van der Waals surface area (Å²) >= 11 is 1.60. The van der Waals surface area contributed by atoms with Crippen LogP contribution in [0, 0.1) is 6.92 Å². The summed E-state index contributed by atoms with van der Waals surface area (Å²) in [7, 11) is 0. The fourth-order valence-corrected chi connectivity index (χ4v) is 2.80. The summed E-state index contributed by atoms with van der Waals surface area (Å²) in [4.78, 5) is 14.0. The number of rotatable bonds is 4. The van der Waals surface area contributed by atoms with Crippen LogP contribution in [-0.2, 0) is 4.74 Å². The Kier molecular flexibility index (Phi) is 4.69. The molecule has 4 heteroatoms. The molecule has 0 unspecified atom stereocenters. The minimum absolute atomic E-state index is 0.341. The van der Waals surface area contributed by atoms with Gasteiger partial charge in [-0.2, -0.15) is 0 Å². The predicted octanol–water partition coefficient (Wildman–Crippen LogP) is 3.91. The summed E-state index contributed by atoms with van der Waals surface area (Å²) in [6.45, 7) is 4.02. The smallest absolute Gasteiger partial charge is 0.340 e. The van der Waals surface area contributed by atoms with Gasteiger partial charge in [0.25, 0.3) is 0 Å². The van der Waals surface area contributed by atoms with Gasteiger partial charge in [-0.1, -0.05) is 30.0 Å². The molecule has 0 bridgehead atoms. The molecule has 0 aliphatic heterocycles. The molecule has 2 aromatic carbocycles. The van der Waals surface area contributed by atoms with Crippen molar-refractivity contribution in [2.24, 2.45) is 0 Å². The first-order chi connectivity index (χ1) is 9.61. The Morgan fingerprint density at radius 3 is 2.55 bits per heavy atom. The van der Waals surface area contributed by atoms with Crippen molar-refractivity contribution < 1.29 is 9.53 Å². The second-order valence-corrected chi connectivity index (χ2v) is 5.48. The molecule has 0 spiro atoms. The van der Waals surface area contributed by atoms with Crippen LogP contribution in [-0.4, -0.2) is 12.6 Å². The molecule has 0 heterocycles. The monoisotopic (exact) mass is 287 g/mol. The highest BCUT2D eigenvalue weighted by molar-refractivity contribution is 7.99. The molecule has 0 atom stereocenters. The van der Waals surface area contributed by atoms with E-state index < -0.39 is 0 Å². The third-order valence-corrected chi connectivity index (χ3v) is 3.81. The van der Waals surface area contributed by atoms with Crippen LogP contribution in [0.5, 0.6) is 0 Å². The highest BCUT2D eigenvalue weighted by atomic mass is 32.2. The van der Waals surface area contributed by atoms with E-state index in [1.165, 1.54) is 0 Å². The lowest BCUT2D eigenvalue weighted by Gasteiger charge is -2.11. The number of nitrogens with two attached hydrogens (primary N) is 1. The van der Waals surface area contributed by atoms with Crippen molar-refractivity contribution in [1.82, 2.24) is 0 Å². The summed E-state index contributed by atoms with van der Waals surface area (Å²) in [5.41, 5.74) is 7.77. The molecule has 3 nitrogen and oxygen atoms in total. The van der Waals surface area contributed by atoms with E-state index in [9.17, 15) is 4.79 Å². The van der Waals surface area contributed by atoms with E-state index in [1.807, 2.05) is 43.3 Å². The zero-order valence-electron chi connectivity index (χ0n) is 11.6. The molecular weight excluding hydrogens is 270 g/mol. The van der Waals surface area contributed by atoms with Gasteiger partial charge in [-0.3, -0.25) is 0 Å². The second-order valence-electron chi connectivity index (χ2n) is 4.34. The molecule has 2 N–H and O–H groups in total. The predicted molar refractivity (Wildman–Crippen MR) is 82.1 cm³/mol. The maximum Gasteiger partial charge on any atom is 0.340 e. The van der Waals surface area contributed by atoms with Crippen molar-refractivity contribution in [2.75, 3.05) is 12.3 Å². The van der Waals surface area contributed by atoms with Crippen LogP contribution in [0.3, 0.4) is 0 Å². The van der Waals surface area contributed by atoms with Crippen LogP contribution in [0.25, 0.3) is 0 Å². The summed E-state index contributed by atoms with van der Waals surface area (Å²) in [6, 6.07) is 13.8. The van der Waals surface area contributed by atoms with Crippen LogP contribution in [0.2, 0.25) is 0 Å². The number of hydrogen-bond donors (Lipinski definition) is 1. The lowest BCUT2D eigenvalue weighted by Crippen LogP contribution is -2.09. The average Bonchev–Trinajstić information content (AvgIpc) is 2.44. The molecule has 2 aromatic rings. The first-order valence-electron chi connectivity index (χ1n) is 6.42. The van der Waals surface area contributed by atoms with Gasteiger partial charge >= 0.3 is 5.97 Å². The number of ether oxygens (including phenoxy) is 1. The maximum absolute atomic E-state index is 11.9. The largest absolute Gasteiger partial charge is 0.462 e. The number of aryl methyl sites for hydroxylation is 1. The number of carbonyl (C=O) groups is 1. The van der Waals surface area contributed by atoms with Gasteiger partial charge in [0.1, 0.15) is 0 Å². The summed E-state index contributed by atoms with van der Waals surface area (Å²) in [5, 5.41) is 0. The maximum atomic E-state index is 11.9. The van der Waals surface area contributed by atoms with Crippen LogP contribution in [0.15, 0.2) is 52.3 Å². The van der Waals surface area contributed by atoms with Gasteiger partial charge in [0, 0.05) is 15.5 Å². The van der Waals surface area contributed by atoms with E-state index in [0.29, 0.717) is 17.9 Å². The lowest BCUT2D eigenvalue weighted by molar-refractivity contribution is 0.0527. The molecule has 0 amide bonds. The van der Waals surface area contributed by atoms with E-state index in [0.717, 1.165) is 15.4 Å². The number of hydrogen-bond acceptors (Lipinski definition) is 4. The Morgan fingerprint density at radius 2 is 1.90 bits per heavy atom. The third-order valence-electron chi connectivity index (χ3n) is 2.83. The number of nitrogen functional groups attached to an aromatic ring is 1. The van der Waals surface area contributed by atoms with Gasteiger partial charge in [-0.15, -0.1) is 0 Å². The van der Waals surface area contributed by atoms with Gasteiger partial charge in [-0.25, -0.2) is 4.79 Å². The van der Waals surface area contributed by atoms with Crippen LogP contribution < -0.4 is 5.73 Å². The van der Waals surface area contributed by atoms with Crippen molar-refractivity contribution in [2.45, 2.75) is 23.6 Å². The molecule has 0 fully saturated rings. The minimum Gasteiger partial charge on any atom is -0.462 e. The quantitative estimate of drug-likeness (QED) is 0.684. The molecular formula is C16H17NO2S. The average molecular weight is 287 g/mol. The zero-order valence-corrected chi connectivity index (χ0v) is 12.4. The second kappa shape index (κ2) is 6.48. The standard InChI is InChI=1S/C16H17NO2S/c1-3-19-16(18)14-10-13(9-11(2)15(14)17)20-12-7-5-4-6-8-12/h4-10H,3,17H2,1-2H3. The van der Waals surface area contributed by atoms with Crippen LogP contribution in [0.1, 0.15) is 22.8 Å². The summed E-state index contributed by atoms with van der Waals surface area (Å²) in [5.74, 6) is -0.372. The molecule has 0 aromatic heterocycles. The molecule has 104 valence electrons. The van der Waals surface area contributed by atoms with E-state index in [-0.39, 0.29) is 5.97 Å². The van der Waals surface area contributed by atoms with Gasteiger partial charge in [0.15, 0.2) is 0 Å².